The molecule has 168 valence electrons. The van der Waals surface area contributed by atoms with Crippen molar-refractivity contribution in [2.45, 2.75) is 13.0 Å². The van der Waals surface area contributed by atoms with Crippen molar-refractivity contribution < 1.29 is 18.0 Å². The fourth-order valence-electron chi connectivity index (χ4n) is 4.35. The third kappa shape index (κ3) is 4.81. The molecule has 0 saturated carbocycles. The van der Waals surface area contributed by atoms with Crippen LogP contribution >= 0.6 is 0 Å². The summed E-state index contributed by atoms with van der Waals surface area (Å²) >= 11 is 0. The van der Waals surface area contributed by atoms with E-state index in [0.29, 0.717) is 25.2 Å². The number of rotatable bonds is 4. The van der Waals surface area contributed by atoms with Crippen molar-refractivity contribution in [3.05, 3.63) is 95.8 Å². The largest absolute Gasteiger partial charge is 0.460 e. The molecule has 4 nitrogen and oxygen atoms in total. The fraction of sp³-hybridized carbons (Fsp3) is 0.222. The van der Waals surface area contributed by atoms with E-state index in [-0.39, 0.29) is 17.5 Å². The van der Waals surface area contributed by atoms with Gasteiger partial charge in [-0.3, -0.25) is 9.69 Å². The molecule has 2 heterocycles. The standard InChI is InChI=1S/C27H24F2N2O2/c28-23-8-5-19(6-9-23)27(32)31-12-2-11-30(13-14-31)18-25-17-22-15-21(7-10-26(22)33-25)20-3-1-4-24(29)16-20/h1,3-10,15-17H,2,11-14,18H2. The maximum atomic E-state index is 13.6. The first-order valence-electron chi connectivity index (χ1n) is 11.1. The zero-order valence-electron chi connectivity index (χ0n) is 18.1. The smallest absolute Gasteiger partial charge is 0.253 e. The Morgan fingerprint density at radius 2 is 1.64 bits per heavy atom. The first-order chi connectivity index (χ1) is 16.0. The number of amides is 1. The highest BCUT2D eigenvalue weighted by molar-refractivity contribution is 5.94. The molecule has 0 radical (unpaired) electrons. The molecular formula is C27H24F2N2O2. The SMILES string of the molecule is O=C(c1ccc(F)cc1)N1CCCN(Cc2cc3cc(-c4cccc(F)c4)ccc3o2)CC1. The molecule has 1 saturated heterocycles. The van der Waals surface area contributed by atoms with Gasteiger partial charge in [0.05, 0.1) is 6.54 Å². The van der Waals surface area contributed by atoms with Crippen LogP contribution in [0, 0.1) is 11.6 Å². The molecule has 5 rings (SSSR count). The summed E-state index contributed by atoms with van der Waals surface area (Å²) in [6, 6.07) is 20.2. The van der Waals surface area contributed by atoms with E-state index in [1.807, 2.05) is 35.2 Å². The number of hydrogen-bond donors (Lipinski definition) is 0. The van der Waals surface area contributed by atoms with E-state index in [1.165, 1.54) is 36.4 Å². The van der Waals surface area contributed by atoms with Crippen molar-refractivity contribution >= 4 is 16.9 Å². The van der Waals surface area contributed by atoms with Crippen LogP contribution in [0.1, 0.15) is 22.5 Å². The highest BCUT2D eigenvalue weighted by Crippen LogP contribution is 2.28. The molecule has 4 aromatic rings. The van der Waals surface area contributed by atoms with Gasteiger partial charge >= 0.3 is 0 Å². The van der Waals surface area contributed by atoms with Gasteiger partial charge in [-0.1, -0.05) is 18.2 Å². The average molecular weight is 446 g/mol. The lowest BCUT2D eigenvalue weighted by Crippen LogP contribution is -2.35. The second-order valence-electron chi connectivity index (χ2n) is 8.40. The molecule has 1 fully saturated rings. The molecule has 1 amide bonds. The molecule has 0 spiro atoms. The second kappa shape index (κ2) is 9.16. The van der Waals surface area contributed by atoms with Crippen molar-refractivity contribution in [3.8, 4) is 11.1 Å². The summed E-state index contributed by atoms with van der Waals surface area (Å²) in [5, 5.41) is 0.981. The van der Waals surface area contributed by atoms with Crippen molar-refractivity contribution in [1.29, 1.82) is 0 Å². The van der Waals surface area contributed by atoms with Crippen LogP contribution in [-0.4, -0.2) is 41.9 Å². The minimum Gasteiger partial charge on any atom is -0.460 e. The zero-order valence-corrected chi connectivity index (χ0v) is 18.1. The molecule has 1 aliphatic heterocycles. The lowest BCUT2D eigenvalue weighted by Gasteiger charge is -2.21. The second-order valence-corrected chi connectivity index (χ2v) is 8.40. The minimum absolute atomic E-state index is 0.0644. The number of carbonyl (C=O) groups excluding carboxylic acids is 1. The number of benzene rings is 3. The Morgan fingerprint density at radius 3 is 2.45 bits per heavy atom. The normalized spacial score (nSPS) is 15.0. The lowest BCUT2D eigenvalue weighted by molar-refractivity contribution is 0.0760. The van der Waals surface area contributed by atoms with E-state index in [2.05, 4.69) is 4.90 Å². The van der Waals surface area contributed by atoms with Crippen molar-refractivity contribution in [2.24, 2.45) is 0 Å². The van der Waals surface area contributed by atoms with Gasteiger partial charge in [-0.25, -0.2) is 8.78 Å². The van der Waals surface area contributed by atoms with Crippen molar-refractivity contribution in [2.75, 3.05) is 26.2 Å². The molecule has 3 aromatic carbocycles. The third-order valence-electron chi connectivity index (χ3n) is 6.07. The van der Waals surface area contributed by atoms with E-state index in [4.69, 9.17) is 4.42 Å². The van der Waals surface area contributed by atoms with E-state index in [1.54, 1.807) is 6.07 Å². The third-order valence-corrected chi connectivity index (χ3v) is 6.07. The van der Waals surface area contributed by atoms with Crippen LogP contribution in [0.5, 0.6) is 0 Å². The molecule has 0 bridgehead atoms. The van der Waals surface area contributed by atoms with E-state index >= 15 is 0 Å². The zero-order chi connectivity index (χ0) is 22.8. The molecule has 33 heavy (non-hydrogen) atoms. The Kier molecular flexibility index (Phi) is 5.92. The van der Waals surface area contributed by atoms with Crippen LogP contribution in [0.3, 0.4) is 0 Å². The molecular weight excluding hydrogens is 422 g/mol. The average Bonchev–Trinajstić information content (AvgIpc) is 3.07. The van der Waals surface area contributed by atoms with Gasteiger partial charge in [0.2, 0.25) is 0 Å². The molecule has 0 aliphatic carbocycles. The maximum Gasteiger partial charge on any atom is 0.253 e. The molecule has 6 heteroatoms. The number of hydrogen-bond acceptors (Lipinski definition) is 3. The highest BCUT2D eigenvalue weighted by atomic mass is 19.1. The minimum atomic E-state index is -0.345. The van der Waals surface area contributed by atoms with Crippen LogP contribution in [0.15, 0.2) is 77.2 Å². The summed E-state index contributed by atoms with van der Waals surface area (Å²) in [5.74, 6) is 0.196. The van der Waals surface area contributed by atoms with Gasteiger partial charge in [0.25, 0.3) is 5.91 Å². The molecule has 0 atom stereocenters. The van der Waals surface area contributed by atoms with Crippen LogP contribution in [0.25, 0.3) is 22.1 Å². The highest BCUT2D eigenvalue weighted by Gasteiger charge is 2.21. The number of fused-ring (bicyclic) bond motifs is 1. The number of furan rings is 1. The van der Waals surface area contributed by atoms with Gasteiger partial charge < -0.3 is 9.32 Å². The van der Waals surface area contributed by atoms with Gasteiger partial charge in [0, 0.05) is 37.1 Å². The van der Waals surface area contributed by atoms with Gasteiger partial charge in [-0.15, -0.1) is 0 Å². The topological polar surface area (TPSA) is 36.7 Å². The quantitative estimate of drug-likeness (QED) is 0.402. The van der Waals surface area contributed by atoms with Crippen LogP contribution in [0.4, 0.5) is 8.78 Å². The Labute approximate surface area is 191 Å². The predicted octanol–water partition coefficient (Wildman–Crippen LogP) is 5.73. The first-order valence-corrected chi connectivity index (χ1v) is 11.1. The summed E-state index contributed by atoms with van der Waals surface area (Å²) in [6.45, 7) is 3.53. The van der Waals surface area contributed by atoms with Crippen molar-refractivity contribution in [3.63, 3.8) is 0 Å². The van der Waals surface area contributed by atoms with Crippen LogP contribution < -0.4 is 0 Å². The van der Waals surface area contributed by atoms with Crippen LogP contribution in [0.2, 0.25) is 0 Å². The van der Waals surface area contributed by atoms with Crippen molar-refractivity contribution in [1.82, 2.24) is 9.80 Å². The summed E-state index contributed by atoms with van der Waals surface area (Å²) in [7, 11) is 0. The first kappa shape index (κ1) is 21.3. The summed E-state index contributed by atoms with van der Waals surface area (Å²) in [5.41, 5.74) is 3.08. The fourth-order valence-corrected chi connectivity index (χ4v) is 4.35. The maximum absolute atomic E-state index is 13.6. The molecule has 0 unspecified atom stereocenters. The summed E-state index contributed by atoms with van der Waals surface area (Å²) in [6.07, 6.45) is 0.858. The monoisotopic (exact) mass is 446 g/mol. The summed E-state index contributed by atoms with van der Waals surface area (Å²) < 4.78 is 32.8. The van der Waals surface area contributed by atoms with Gasteiger partial charge in [0.15, 0.2) is 0 Å². The Hall–Kier alpha value is -3.51. The summed E-state index contributed by atoms with van der Waals surface area (Å²) in [4.78, 5) is 16.9. The molecule has 1 aromatic heterocycles. The predicted molar refractivity (Wildman–Crippen MR) is 124 cm³/mol. The Morgan fingerprint density at radius 1 is 0.818 bits per heavy atom. The van der Waals surface area contributed by atoms with Gasteiger partial charge in [-0.05, 0) is 72.1 Å². The number of carbonyl (C=O) groups is 1. The molecule has 1 aliphatic rings. The van der Waals surface area contributed by atoms with E-state index in [0.717, 1.165) is 47.4 Å². The number of halogens is 2. The van der Waals surface area contributed by atoms with E-state index < -0.39 is 0 Å². The van der Waals surface area contributed by atoms with Gasteiger partial charge in [0.1, 0.15) is 23.0 Å². The number of nitrogens with zero attached hydrogens (tertiary/aromatic N) is 2. The Bertz CT molecular complexity index is 1280. The lowest BCUT2D eigenvalue weighted by atomic mass is 10.0. The van der Waals surface area contributed by atoms with Crippen LogP contribution in [-0.2, 0) is 6.54 Å². The Balaban J connectivity index is 1.26. The molecule has 0 N–H and O–H groups in total. The van der Waals surface area contributed by atoms with E-state index in [9.17, 15) is 13.6 Å². The van der Waals surface area contributed by atoms with Gasteiger partial charge in [-0.2, -0.15) is 0 Å².